The first-order chi connectivity index (χ1) is 26.1. The number of hydrogen-bond donors (Lipinski definition) is 7. The fourth-order valence-corrected chi connectivity index (χ4v) is 13.7. The highest BCUT2D eigenvalue weighted by Gasteiger charge is 2.71. The zero-order valence-electron chi connectivity index (χ0n) is 34.1. The van der Waals surface area contributed by atoms with Crippen LogP contribution in [-0.2, 0) is 33.3 Å². The Labute approximate surface area is 329 Å². The Morgan fingerprint density at radius 3 is 2.21 bits per heavy atom. The molecule has 0 radical (unpaired) electrons. The molecule has 0 bridgehead atoms. The molecule has 0 spiro atoms. The summed E-state index contributed by atoms with van der Waals surface area (Å²) in [4.78, 5) is 26.5. The number of carbonyl (C=O) groups excluding carboxylic acids is 2. The maximum atomic E-state index is 14.5. The molecule has 18 atom stereocenters. The predicted octanol–water partition coefficient (Wildman–Crippen LogP) is 2.25. The summed E-state index contributed by atoms with van der Waals surface area (Å²) in [5, 5.41) is 74.5. The molecule has 14 heteroatoms. The molecule has 4 saturated carbocycles. The van der Waals surface area contributed by atoms with Gasteiger partial charge in [0.1, 0.15) is 36.6 Å². The maximum Gasteiger partial charge on any atom is 0.315 e. The standard InChI is InChI=1S/C42H66O14/c1-21(44)53-32-28(46)23(45)20-52-35(32)55-27-12-15-38(4)25(37(27,2)3)11-16-40(6)26(38)10-9-22-33-41(7,51)13-8-14-42(33,18-17-39(22,40)5)36(50)56-34-31(49)30(48)29(47)24(19-43)54-34/h9,23-35,43,45-49,51H,8,10-20H2,1-7H3. The second-order valence-electron chi connectivity index (χ2n) is 20.0. The Morgan fingerprint density at radius 2 is 1.54 bits per heavy atom. The summed E-state index contributed by atoms with van der Waals surface area (Å²) < 4.78 is 29.4. The zero-order chi connectivity index (χ0) is 41.0. The van der Waals surface area contributed by atoms with E-state index in [0.717, 1.165) is 37.7 Å². The summed E-state index contributed by atoms with van der Waals surface area (Å²) in [6, 6.07) is 0. The van der Waals surface area contributed by atoms with E-state index in [9.17, 15) is 45.3 Å². The van der Waals surface area contributed by atoms with E-state index in [1.807, 2.05) is 6.92 Å². The monoisotopic (exact) mass is 794 g/mol. The summed E-state index contributed by atoms with van der Waals surface area (Å²) in [5.74, 6) is -1.23. The first-order valence-electron chi connectivity index (χ1n) is 20.8. The van der Waals surface area contributed by atoms with Crippen molar-refractivity contribution >= 4 is 11.9 Å². The van der Waals surface area contributed by atoms with E-state index in [-0.39, 0.29) is 46.2 Å². The lowest BCUT2D eigenvalue weighted by Crippen LogP contribution is -2.67. The molecule has 318 valence electrons. The second kappa shape index (κ2) is 14.5. The molecular weight excluding hydrogens is 728 g/mol. The highest BCUT2D eigenvalue weighted by molar-refractivity contribution is 5.79. The number of esters is 2. The van der Waals surface area contributed by atoms with Gasteiger partial charge in [-0.2, -0.15) is 0 Å². The second-order valence-corrected chi connectivity index (χ2v) is 20.0. The topological polar surface area (TPSA) is 222 Å². The molecule has 0 aromatic carbocycles. The van der Waals surface area contributed by atoms with Gasteiger partial charge in [-0.3, -0.25) is 9.59 Å². The highest BCUT2D eigenvalue weighted by Crippen LogP contribution is 2.76. The minimum atomic E-state index is -1.72. The van der Waals surface area contributed by atoms with Gasteiger partial charge >= 0.3 is 11.9 Å². The molecule has 2 saturated heterocycles. The van der Waals surface area contributed by atoms with Crippen LogP contribution in [0.4, 0.5) is 0 Å². The van der Waals surface area contributed by atoms with E-state index < -0.39 is 90.8 Å². The molecule has 2 heterocycles. The Morgan fingerprint density at radius 1 is 0.821 bits per heavy atom. The van der Waals surface area contributed by atoms with Crippen molar-refractivity contribution in [2.45, 2.75) is 180 Å². The number of ether oxygens (including phenoxy) is 5. The van der Waals surface area contributed by atoms with Crippen LogP contribution in [0.25, 0.3) is 0 Å². The Kier molecular flexibility index (Phi) is 11.0. The van der Waals surface area contributed by atoms with Gasteiger partial charge in [0.15, 0.2) is 12.4 Å². The molecule has 6 fully saturated rings. The molecular formula is C42H66O14. The molecule has 18 unspecified atom stereocenters. The third kappa shape index (κ3) is 6.25. The zero-order valence-corrected chi connectivity index (χ0v) is 34.1. The van der Waals surface area contributed by atoms with Gasteiger partial charge in [0.2, 0.25) is 6.29 Å². The van der Waals surface area contributed by atoms with Gasteiger partial charge in [-0.15, -0.1) is 0 Å². The van der Waals surface area contributed by atoms with Gasteiger partial charge < -0.3 is 59.4 Å². The van der Waals surface area contributed by atoms with Gasteiger partial charge in [0.25, 0.3) is 0 Å². The fraction of sp³-hybridized carbons (Fsp3) is 0.905. The van der Waals surface area contributed by atoms with Gasteiger partial charge in [-0.1, -0.05) is 46.3 Å². The fourth-order valence-electron chi connectivity index (χ4n) is 13.7. The Hall–Kier alpha value is -1.72. The first-order valence-corrected chi connectivity index (χ1v) is 20.8. The van der Waals surface area contributed by atoms with Gasteiger partial charge in [-0.25, -0.2) is 0 Å². The molecule has 14 nitrogen and oxygen atoms in total. The summed E-state index contributed by atoms with van der Waals surface area (Å²) in [6.45, 7) is 13.9. The van der Waals surface area contributed by atoms with Crippen molar-refractivity contribution in [3.05, 3.63) is 11.6 Å². The Bertz CT molecular complexity index is 1550. The van der Waals surface area contributed by atoms with Crippen molar-refractivity contribution in [2.24, 2.45) is 44.8 Å². The molecule has 7 aliphatic rings. The first kappa shape index (κ1) is 42.4. The quantitative estimate of drug-likeness (QED) is 0.117. The van der Waals surface area contributed by atoms with E-state index in [2.05, 4.69) is 40.7 Å². The minimum Gasteiger partial charge on any atom is -0.454 e. The average Bonchev–Trinajstić information content (AvgIpc) is 3.12. The lowest BCUT2D eigenvalue weighted by atomic mass is 9.33. The van der Waals surface area contributed by atoms with Crippen molar-refractivity contribution in [1.82, 2.24) is 0 Å². The summed E-state index contributed by atoms with van der Waals surface area (Å²) in [5.41, 5.74) is -2.20. The number of aliphatic hydroxyl groups is 7. The van der Waals surface area contributed by atoms with Crippen molar-refractivity contribution in [3.8, 4) is 0 Å². The lowest BCUT2D eigenvalue weighted by molar-refractivity contribution is -0.310. The van der Waals surface area contributed by atoms with Crippen LogP contribution in [0.15, 0.2) is 11.6 Å². The van der Waals surface area contributed by atoms with Crippen molar-refractivity contribution in [2.75, 3.05) is 13.2 Å². The molecule has 0 aromatic heterocycles. The maximum absolute atomic E-state index is 14.5. The number of rotatable bonds is 6. The van der Waals surface area contributed by atoms with Crippen molar-refractivity contribution in [3.63, 3.8) is 0 Å². The van der Waals surface area contributed by atoms with Crippen LogP contribution in [-0.4, -0.2) is 128 Å². The molecule has 56 heavy (non-hydrogen) atoms. The van der Waals surface area contributed by atoms with Crippen LogP contribution in [0.5, 0.6) is 0 Å². The van der Waals surface area contributed by atoms with E-state index in [1.54, 1.807) is 0 Å². The van der Waals surface area contributed by atoms with Gasteiger partial charge in [0.05, 0.1) is 30.3 Å². The third-order valence-corrected chi connectivity index (χ3v) is 16.8. The Balaban J connectivity index is 1.16. The highest BCUT2D eigenvalue weighted by atomic mass is 16.7. The summed E-state index contributed by atoms with van der Waals surface area (Å²) in [7, 11) is 0. The molecule has 7 rings (SSSR count). The normalized spacial score (nSPS) is 52.6. The minimum absolute atomic E-state index is 0.0918. The lowest BCUT2D eigenvalue weighted by Gasteiger charge is -2.71. The van der Waals surface area contributed by atoms with E-state index in [0.29, 0.717) is 32.1 Å². The number of fused-ring (bicyclic) bond motifs is 7. The van der Waals surface area contributed by atoms with Crippen LogP contribution >= 0.6 is 0 Å². The van der Waals surface area contributed by atoms with Crippen LogP contribution in [0, 0.1) is 44.8 Å². The van der Waals surface area contributed by atoms with E-state index in [1.165, 1.54) is 6.92 Å². The van der Waals surface area contributed by atoms with Crippen LogP contribution in [0.1, 0.15) is 113 Å². The largest absolute Gasteiger partial charge is 0.454 e. The van der Waals surface area contributed by atoms with E-state index >= 15 is 0 Å². The number of carbonyl (C=O) groups is 2. The number of allylic oxidation sites excluding steroid dienone is 1. The molecule has 0 aromatic rings. The number of hydrogen-bond acceptors (Lipinski definition) is 14. The van der Waals surface area contributed by atoms with Gasteiger partial charge in [0, 0.05) is 12.8 Å². The number of aliphatic hydroxyl groups excluding tert-OH is 6. The molecule has 2 aliphatic heterocycles. The predicted molar refractivity (Wildman–Crippen MR) is 198 cm³/mol. The van der Waals surface area contributed by atoms with Crippen molar-refractivity contribution in [1.29, 1.82) is 0 Å². The van der Waals surface area contributed by atoms with E-state index in [4.69, 9.17) is 23.7 Å². The van der Waals surface area contributed by atoms with Crippen LogP contribution in [0.3, 0.4) is 0 Å². The smallest absolute Gasteiger partial charge is 0.315 e. The molecule has 5 aliphatic carbocycles. The van der Waals surface area contributed by atoms with Crippen LogP contribution < -0.4 is 0 Å². The van der Waals surface area contributed by atoms with Crippen LogP contribution in [0.2, 0.25) is 0 Å². The van der Waals surface area contributed by atoms with Crippen molar-refractivity contribution < 1.29 is 69.0 Å². The summed E-state index contributed by atoms with van der Waals surface area (Å²) >= 11 is 0. The van der Waals surface area contributed by atoms with Gasteiger partial charge in [-0.05, 0) is 105 Å². The molecule has 0 amide bonds. The SMILES string of the molecule is CC(=O)OC1C(OC2CCC3(C)C(CCC4(C)C3CC=C3C5C(C)(O)CCCC5(C(=O)OC5OC(CO)C(O)C(O)C5O)CCC34C)C2(C)C)OCC(O)C1O. The summed E-state index contributed by atoms with van der Waals surface area (Å²) in [6.07, 6.45) is -3.53. The average molecular weight is 795 g/mol. The third-order valence-electron chi connectivity index (χ3n) is 16.8. The molecule has 7 N–H and O–H groups in total.